The number of carbonyl (C=O) groups excluding carboxylic acids is 8. The van der Waals surface area contributed by atoms with E-state index >= 15 is 0 Å². The summed E-state index contributed by atoms with van der Waals surface area (Å²) in [5.41, 5.74) is 0. The van der Waals surface area contributed by atoms with Gasteiger partial charge in [-0.25, -0.2) is 0 Å². The van der Waals surface area contributed by atoms with Gasteiger partial charge in [-0.15, -0.1) is 0 Å². The predicted octanol–water partition coefficient (Wildman–Crippen LogP) is -1.26. The third-order valence-corrected chi connectivity index (χ3v) is 6.28. The maximum Gasteiger partial charge on any atom is 0.305 e. The van der Waals surface area contributed by atoms with Crippen molar-refractivity contribution in [1.82, 2.24) is 5.32 Å². The predicted molar refractivity (Wildman–Crippen MR) is 147 cm³/mol. The van der Waals surface area contributed by atoms with Crippen molar-refractivity contribution in [2.24, 2.45) is 0 Å². The van der Waals surface area contributed by atoms with E-state index in [1.165, 1.54) is 0 Å². The van der Waals surface area contributed by atoms with Gasteiger partial charge in [-0.3, -0.25) is 38.4 Å². The first kappa shape index (κ1) is 38.8. The Labute approximate surface area is 269 Å². The van der Waals surface area contributed by atoms with Crippen molar-refractivity contribution < 1.29 is 85.7 Å². The summed E-state index contributed by atoms with van der Waals surface area (Å²) in [5, 5.41) is 2.52. The number of esters is 7. The molecule has 264 valence electrons. The van der Waals surface area contributed by atoms with Gasteiger partial charge >= 0.3 is 41.8 Å². The van der Waals surface area contributed by atoms with E-state index in [4.69, 9.17) is 47.4 Å². The Balaban J connectivity index is 2.56. The summed E-state index contributed by atoms with van der Waals surface area (Å²) >= 11 is 0. The van der Waals surface area contributed by atoms with Crippen LogP contribution in [0.15, 0.2) is 0 Å². The average Bonchev–Trinajstić information content (AvgIpc) is 2.91. The molecule has 2 aliphatic rings. The second-order valence-electron chi connectivity index (χ2n) is 10.4. The van der Waals surface area contributed by atoms with E-state index in [9.17, 15) is 38.4 Å². The van der Waals surface area contributed by atoms with Gasteiger partial charge in [-0.05, 0) is 0 Å². The van der Waals surface area contributed by atoms with Crippen LogP contribution in [0.2, 0.25) is 0 Å². The van der Waals surface area contributed by atoms with Crippen LogP contribution >= 0.6 is 0 Å². The lowest BCUT2D eigenvalue weighted by molar-refractivity contribution is -0.318. The first-order valence-corrected chi connectivity index (χ1v) is 14.3. The van der Waals surface area contributed by atoms with Gasteiger partial charge in [-0.2, -0.15) is 0 Å². The highest BCUT2D eigenvalue weighted by Crippen LogP contribution is 2.32. The van der Waals surface area contributed by atoms with Gasteiger partial charge < -0.3 is 52.7 Å². The van der Waals surface area contributed by atoms with Crippen LogP contribution in [-0.4, -0.2) is 122 Å². The maximum atomic E-state index is 12.2. The highest BCUT2D eigenvalue weighted by molar-refractivity contribution is 5.74. The van der Waals surface area contributed by atoms with Crippen LogP contribution in [0.3, 0.4) is 0 Å². The normalized spacial score (nSPS) is 30.0. The molecule has 0 saturated carbocycles. The first-order chi connectivity index (χ1) is 21.9. The Kier molecular flexibility index (Phi) is 14.5. The van der Waals surface area contributed by atoms with Crippen molar-refractivity contribution in [3.63, 3.8) is 0 Å². The standard InChI is InChI=1S/C28H39NO18/c1-11(30)29-21-24(42-15(5)34)22(40-13(3)32)19(9-38-12(2)31)46-27(21)39-10-20-23(41-14(4)33)25(43-16(6)35)26(44-17(7)36)28(47-20)45-18(8)37/h19-28H,9-10H2,1-8H3,(H,29,30)/t19-,20-,21-,22-,23-,24-,25+,26-,27-,28+/m1/s1. The van der Waals surface area contributed by atoms with Crippen molar-refractivity contribution in [2.45, 2.75) is 117 Å². The topological polar surface area (TPSA) is 241 Å². The third kappa shape index (κ3) is 12.1. The summed E-state index contributed by atoms with van der Waals surface area (Å²) in [6.45, 7) is 7.37. The maximum absolute atomic E-state index is 12.2. The van der Waals surface area contributed by atoms with Crippen molar-refractivity contribution in [3.05, 3.63) is 0 Å². The van der Waals surface area contributed by atoms with E-state index in [0.717, 1.165) is 55.4 Å². The van der Waals surface area contributed by atoms with Crippen molar-refractivity contribution >= 4 is 47.7 Å². The van der Waals surface area contributed by atoms with E-state index in [-0.39, 0.29) is 0 Å². The van der Waals surface area contributed by atoms with Gasteiger partial charge in [0.25, 0.3) is 0 Å². The minimum absolute atomic E-state index is 0.513. The number of hydrogen-bond donors (Lipinski definition) is 1. The fraction of sp³-hybridized carbons (Fsp3) is 0.714. The van der Waals surface area contributed by atoms with Gasteiger partial charge in [0.1, 0.15) is 24.9 Å². The number of amides is 1. The number of rotatable bonds is 12. The quantitative estimate of drug-likeness (QED) is 0.187. The van der Waals surface area contributed by atoms with E-state index in [0.29, 0.717) is 0 Å². The summed E-state index contributed by atoms with van der Waals surface area (Å²) < 4.78 is 54.7. The molecule has 1 amide bonds. The van der Waals surface area contributed by atoms with Gasteiger partial charge in [0, 0.05) is 55.4 Å². The van der Waals surface area contributed by atoms with Crippen molar-refractivity contribution in [3.8, 4) is 0 Å². The molecule has 0 bridgehead atoms. The number of hydrogen-bond acceptors (Lipinski definition) is 18. The molecular weight excluding hydrogens is 638 g/mol. The van der Waals surface area contributed by atoms with Crippen LogP contribution in [0, 0.1) is 0 Å². The Morgan fingerprint density at radius 2 is 0.872 bits per heavy atom. The molecule has 19 heteroatoms. The van der Waals surface area contributed by atoms with Gasteiger partial charge in [0.15, 0.2) is 30.7 Å². The number of ether oxygens (including phenoxy) is 10. The van der Waals surface area contributed by atoms with Gasteiger partial charge in [0.2, 0.25) is 18.3 Å². The summed E-state index contributed by atoms with van der Waals surface area (Å²) in [6, 6.07) is -1.37. The smallest absolute Gasteiger partial charge is 0.305 e. The molecule has 2 fully saturated rings. The van der Waals surface area contributed by atoms with Crippen molar-refractivity contribution in [1.29, 1.82) is 0 Å². The largest absolute Gasteiger partial charge is 0.463 e. The zero-order chi connectivity index (χ0) is 35.6. The summed E-state index contributed by atoms with van der Waals surface area (Å²) in [5.74, 6) is -6.56. The minimum atomic E-state index is -1.70. The molecule has 2 aliphatic heterocycles. The zero-order valence-corrected chi connectivity index (χ0v) is 27.0. The molecule has 10 atom stereocenters. The zero-order valence-electron chi connectivity index (χ0n) is 27.0. The van der Waals surface area contributed by atoms with E-state index in [1.807, 2.05) is 0 Å². The first-order valence-electron chi connectivity index (χ1n) is 14.3. The molecule has 0 spiro atoms. The SMILES string of the molecule is CC(=O)N[C@H]1[C@H](OC[C@H]2O[C@H](OC(C)=O)[C@H](OC(C)=O)[C@@H](OC(C)=O)[C@@H]2OC(C)=O)O[C@H](COC(C)=O)[C@@H](OC(C)=O)[C@@H]1OC(C)=O. The molecule has 47 heavy (non-hydrogen) atoms. The average molecular weight is 678 g/mol. The molecular formula is C28H39NO18. The number of carbonyl (C=O) groups is 8. The van der Waals surface area contributed by atoms with Crippen LogP contribution in [-0.2, 0) is 85.7 Å². The van der Waals surface area contributed by atoms with Crippen molar-refractivity contribution in [2.75, 3.05) is 13.2 Å². The van der Waals surface area contributed by atoms with E-state index in [2.05, 4.69) is 5.32 Å². The van der Waals surface area contributed by atoms with Gasteiger partial charge in [0.05, 0.1) is 6.61 Å². The van der Waals surface area contributed by atoms with E-state index < -0.39 is 122 Å². The molecule has 2 saturated heterocycles. The highest BCUT2D eigenvalue weighted by Gasteiger charge is 2.55. The molecule has 19 nitrogen and oxygen atoms in total. The van der Waals surface area contributed by atoms with Crippen LogP contribution < -0.4 is 5.32 Å². The molecule has 0 aromatic heterocycles. The fourth-order valence-electron chi connectivity index (χ4n) is 4.87. The monoisotopic (exact) mass is 677 g/mol. The molecule has 0 aromatic carbocycles. The van der Waals surface area contributed by atoms with Crippen LogP contribution in [0.1, 0.15) is 55.4 Å². The third-order valence-electron chi connectivity index (χ3n) is 6.28. The second-order valence-corrected chi connectivity index (χ2v) is 10.4. The van der Waals surface area contributed by atoms with Gasteiger partial charge in [-0.1, -0.05) is 0 Å². The Morgan fingerprint density at radius 3 is 1.34 bits per heavy atom. The molecule has 0 aromatic rings. The highest BCUT2D eigenvalue weighted by atomic mass is 16.8. The second kappa shape index (κ2) is 17.5. The lowest BCUT2D eigenvalue weighted by Gasteiger charge is -2.46. The Hall–Kier alpha value is -4.36. The fourth-order valence-corrected chi connectivity index (χ4v) is 4.87. The summed E-state index contributed by atoms with van der Waals surface area (Å²) in [6.07, 6.45) is -13.6. The lowest BCUT2D eigenvalue weighted by atomic mass is 9.95. The van der Waals surface area contributed by atoms with Crippen LogP contribution in [0.25, 0.3) is 0 Å². The lowest BCUT2D eigenvalue weighted by Crippen LogP contribution is -2.67. The molecule has 0 radical (unpaired) electrons. The summed E-state index contributed by atoms with van der Waals surface area (Å²) in [4.78, 5) is 96.1. The Bertz CT molecular complexity index is 1200. The minimum Gasteiger partial charge on any atom is -0.463 e. The molecule has 0 unspecified atom stereocenters. The molecule has 1 N–H and O–H groups in total. The Morgan fingerprint density at radius 1 is 0.468 bits per heavy atom. The molecule has 2 rings (SSSR count). The van der Waals surface area contributed by atoms with Crippen LogP contribution in [0.5, 0.6) is 0 Å². The molecule has 2 heterocycles. The number of nitrogens with one attached hydrogen (secondary N) is 1. The molecule has 0 aliphatic carbocycles. The van der Waals surface area contributed by atoms with E-state index in [1.54, 1.807) is 0 Å². The van der Waals surface area contributed by atoms with Crippen LogP contribution in [0.4, 0.5) is 0 Å². The summed E-state index contributed by atoms with van der Waals surface area (Å²) in [7, 11) is 0.